The van der Waals surface area contributed by atoms with Crippen molar-refractivity contribution in [2.45, 2.75) is 0 Å². The van der Waals surface area contributed by atoms with Gasteiger partial charge >= 0.3 is 10.2 Å². The molecule has 2 N–H and O–H groups in total. The van der Waals surface area contributed by atoms with Gasteiger partial charge in [-0.2, -0.15) is 8.42 Å². The topological polar surface area (TPSA) is 58.2 Å². The Hall–Kier alpha value is -0.970. The van der Waals surface area contributed by atoms with Crippen LogP contribution in [-0.2, 0) is 10.2 Å². The lowest BCUT2D eigenvalue weighted by atomic mass is 11.1. The lowest BCUT2D eigenvalue weighted by Gasteiger charge is -1.99. The van der Waals surface area contributed by atoms with E-state index in [9.17, 15) is 8.42 Å². The van der Waals surface area contributed by atoms with Crippen molar-refractivity contribution in [1.29, 1.82) is 0 Å². The summed E-state index contributed by atoms with van der Waals surface area (Å²) < 4.78 is 24.9. The van der Waals surface area contributed by atoms with E-state index in [0.717, 1.165) is 12.4 Å². The highest BCUT2D eigenvalue weighted by Gasteiger charge is 1.98. The summed E-state index contributed by atoms with van der Waals surface area (Å²) in [6.45, 7) is 6.33. The fourth-order valence-corrected chi connectivity index (χ4v) is 0.760. The summed E-state index contributed by atoms with van der Waals surface area (Å²) in [4.78, 5) is 0. The maximum absolute atomic E-state index is 10.5. The minimum Gasteiger partial charge on any atom is -0.274 e. The summed E-state index contributed by atoms with van der Waals surface area (Å²) in [5.74, 6) is 0. The van der Waals surface area contributed by atoms with Crippen LogP contribution in [0.15, 0.2) is 25.6 Å². The van der Waals surface area contributed by atoms with E-state index >= 15 is 0 Å². The quantitative estimate of drug-likeness (QED) is 0.575. The third kappa shape index (κ3) is 3.60. The van der Waals surface area contributed by atoms with Crippen LogP contribution in [-0.4, -0.2) is 8.42 Å². The molecule has 0 aliphatic rings. The maximum atomic E-state index is 10.5. The molecule has 0 aromatic heterocycles. The molecular weight excluding hydrogens is 140 g/mol. The average Bonchev–Trinajstić information content (AvgIpc) is 1.64. The summed E-state index contributed by atoms with van der Waals surface area (Å²) in [5, 5.41) is 0. The van der Waals surface area contributed by atoms with Gasteiger partial charge < -0.3 is 0 Å². The third-order valence-corrected chi connectivity index (χ3v) is 1.43. The van der Waals surface area contributed by atoms with Crippen LogP contribution in [0.4, 0.5) is 0 Å². The number of hydrogen-bond donors (Lipinski definition) is 2. The molecule has 0 aromatic rings. The van der Waals surface area contributed by atoms with Crippen molar-refractivity contribution >= 4 is 10.2 Å². The van der Waals surface area contributed by atoms with Crippen LogP contribution < -0.4 is 9.44 Å². The second-order valence-electron chi connectivity index (χ2n) is 1.15. The highest BCUT2D eigenvalue weighted by atomic mass is 32.2. The van der Waals surface area contributed by atoms with Crippen molar-refractivity contribution in [3.05, 3.63) is 25.6 Å². The average molecular weight is 148 g/mol. The van der Waals surface area contributed by atoms with E-state index < -0.39 is 10.2 Å². The minimum absolute atomic E-state index is 1.06. The molecule has 0 amide bonds. The summed E-state index contributed by atoms with van der Waals surface area (Å²) >= 11 is 0. The molecule has 0 heterocycles. The Balaban J connectivity index is 4.03. The van der Waals surface area contributed by atoms with Crippen LogP contribution >= 0.6 is 0 Å². The van der Waals surface area contributed by atoms with E-state index in [-0.39, 0.29) is 0 Å². The first-order valence-corrected chi connectivity index (χ1v) is 3.62. The van der Waals surface area contributed by atoms with Crippen molar-refractivity contribution in [3.63, 3.8) is 0 Å². The first-order chi connectivity index (χ1) is 4.12. The van der Waals surface area contributed by atoms with Crippen LogP contribution in [0, 0.1) is 0 Å². The molecule has 0 rings (SSSR count). The van der Waals surface area contributed by atoms with Gasteiger partial charge in [-0.25, -0.2) is 0 Å². The summed E-state index contributed by atoms with van der Waals surface area (Å²) in [7, 11) is -3.42. The molecule has 0 spiro atoms. The van der Waals surface area contributed by atoms with Gasteiger partial charge in [0.15, 0.2) is 0 Å². The molecule has 0 aliphatic carbocycles. The first kappa shape index (κ1) is 8.03. The fraction of sp³-hybridized carbons (Fsp3) is 0. The normalized spacial score (nSPS) is 9.78. The fourth-order valence-electron chi connectivity index (χ4n) is 0.253. The van der Waals surface area contributed by atoms with Gasteiger partial charge in [-0.05, 0) is 0 Å². The Kier molecular flexibility index (Phi) is 2.80. The number of hydrogen-bond acceptors (Lipinski definition) is 2. The molecule has 0 bridgehead atoms. The molecule has 0 radical (unpaired) electrons. The van der Waals surface area contributed by atoms with E-state index in [2.05, 4.69) is 13.2 Å². The van der Waals surface area contributed by atoms with E-state index in [1.54, 1.807) is 0 Å². The second-order valence-corrected chi connectivity index (χ2v) is 2.63. The largest absolute Gasteiger partial charge is 0.320 e. The van der Waals surface area contributed by atoms with E-state index in [0.29, 0.717) is 0 Å². The maximum Gasteiger partial charge on any atom is 0.320 e. The van der Waals surface area contributed by atoms with Gasteiger partial charge in [0.25, 0.3) is 0 Å². The van der Waals surface area contributed by atoms with Crippen molar-refractivity contribution in [3.8, 4) is 0 Å². The molecular formula is C4H8N2O2S. The monoisotopic (exact) mass is 148 g/mol. The van der Waals surface area contributed by atoms with Gasteiger partial charge in [-0.3, -0.25) is 9.44 Å². The molecule has 0 atom stereocenters. The van der Waals surface area contributed by atoms with Crippen LogP contribution in [0.5, 0.6) is 0 Å². The zero-order valence-electron chi connectivity index (χ0n) is 4.79. The van der Waals surface area contributed by atoms with Gasteiger partial charge in [0, 0.05) is 12.4 Å². The molecule has 0 saturated carbocycles. The van der Waals surface area contributed by atoms with Crippen LogP contribution in [0.25, 0.3) is 0 Å². The summed E-state index contributed by atoms with van der Waals surface area (Å²) in [5.41, 5.74) is 0. The van der Waals surface area contributed by atoms with Gasteiger partial charge in [0.05, 0.1) is 0 Å². The summed E-state index contributed by atoms with van der Waals surface area (Å²) in [6, 6.07) is 0. The van der Waals surface area contributed by atoms with Crippen molar-refractivity contribution < 1.29 is 8.42 Å². The van der Waals surface area contributed by atoms with E-state index in [4.69, 9.17) is 0 Å². The zero-order chi connectivity index (χ0) is 7.33. The lowest BCUT2D eigenvalue weighted by Crippen LogP contribution is -2.28. The highest BCUT2D eigenvalue weighted by Crippen LogP contribution is 1.72. The molecule has 0 aromatic carbocycles. The van der Waals surface area contributed by atoms with Crippen LogP contribution in [0.2, 0.25) is 0 Å². The zero-order valence-corrected chi connectivity index (χ0v) is 5.61. The minimum atomic E-state index is -3.42. The number of nitrogens with one attached hydrogen (secondary N) is 2. The summed E-state index contributed by atoms with van der Waals surface area (Å²) in [6.07, 6.45) is 2.12. The Morgan fingerprint density at radius 2 is 1.44 bits per heavy atom. The van der Waals surface area contributed by atoms with Crippen molar-refractivity contribution in [2.24, 2.45) is 0 Å². The van der Waals surface area contributed by atoms with E-state index in [1.807, 2.05) is 9.44 Å². The Bertz CT molecular complexity index is 179. The molecule has 0 saturated heterocycles. The number of rotatable bonds is 4. The standard InChI is InChI=1S/C4H8N2O2S/c1-3-5-9(7,8)6-4-2/h3-6H,1-2H2. The molecule has 5 heteroatoms. The Labute approximate surface area is 54.5 Å². The predicted molar refractivity (Wildman–Crippen MR) is 35.6 cm³/mol. The SMILES string of the molecule is C=CNS(=O)(=O)NC=C. The molecule has 4 nitrogen and oxygen atoms in total. The van der Waals surface area contributed by atoms with Gasteiger partial charge in [-0.1, -0.05) is 13.2 Å². The van der Waals surface area contributed by atoms with Crippen molar-refractivity contribution in [1.82, 2.24) is 9.44 Å². The van der Waals surface area contributed by atoms with Crippen molar-refractivity contribution in [2.75, 3.05) is 0 Å². The third-order valence-electron chi connectivity index (χ3n) is 0.477. The Morgan fingerprint density at radius 3 is 1.67 bits per heavy atom. The highest BCUT2D eigenvalue weighted by molar-refractivity contribution is 7.87. The smallest absolute Gasteiger partial charge is 0.274 e. The lowest BCUT2D eigenvalue weighted by molar-refractivity contribution is 0.585. The second kappa shape index (κ2) is 3.13. The van der Waals surface area contributed by atoms with Gasteiger partial charge in [0.1, 0.15) is 0 Å². The molecule has 0 aliphatic heterocycles. The van der Waals surface area contributed by atoms with E-state index in [1.165, 1.54) is 0 Å². The van der Waals surface area contributed by atoms with Gasteiger partial charge in [-0.15, -0.1) is 0 Å². The predicted octanol–water partition coefficient (Wildman–Crippen LogP) is -0.303. The molecule has 0 unspecified atom stereocenters. The molecule has 9 heavy (non-hydrogen) atoms. The molecule has 0 fully saturated rings. The first-order valence-electron chi connectivity index (χ1n) is 2.14. The molecule has 52 valence electrons. The Morgan fingerprint density at radius 1 is 1.11 bits per heavy atom. The van der Waals surface area contributed by atoms with Gasteiger partial charge in [0.2, 0.25) is 0 Å². The van der Waals surface area contributed by atoms with Crippen LogP contribution in [0.1, 0.15) is 0 Å². The van der Waals surface area contributed by atoms with Crippen LogP contribution in [0.3, 0.4) is 0 Å².